The summed E-state index contributed by atoms with van der Waals surface area (Å²) in [5.41, 5.74) is 0. The SMILES string of the molecule is COCC1NC2COCCC2S(=O)(=O)N1C. The van der Waals surface area contributed by atoms with Gasteiger partial charge < -0.3 is 9.47 Å². The molecule has 0 amide bonds. The summed E-state index contributed by atoms with van der Waals surface area (Å²) in [6.45, 7) is 1.32. The van der Waals surface area contributed by atoms with Crippen molar-refractivity contribution in [1.29, 1.82) is 0 Å². The highest BCUT2D eigenvalue weighted by Gasteiger charge is 2.46. The van der Waals surface area contributed by atoms with Crippen LogP contribution in [-0.2, 0) is 19.5 Å². The molecule has 16 heavy (non-hydrogen) atoms. The van der Waals surface area contributed by atoms with E-state index < -0.39 is 10.0 Å². The molecular formula is C9H18N2O4S. The number of fused-ring (bicyclic) bond motifs is 1. The molecule has 0 aromatic rings. The summed E-state index contributed by atoms with van der Waals surface area (Å²) in [7, 11) is -0.0668. The normalized spacial score (nSPS) is 39.2. The highest BCUT2D eigenvalue weighted by atomic mass is 32.2. The predicted molar refractivity (Wildman–Crippen MR) is 58.5 cm³/mol. The maximum Gasteiger partial charge on any atom is 0.219 e. The van der Waals surface area contributed by atoms with Crippen LogP contribution in [0, 0.1) is 0 Å². The number of ether oxygens (including phenoxy) is 2. The first kappa shape index (κ1) is 12.3. The molecule has 0 bridgehead atoms. The molecule has 7 heteroatoms. The third-order valence-corrected chi connectivity index (χ3v) is 5.63. The lowest BCUT2D eigenvalue weighted by Gasteiger charge is -2.44. The molecule has 2 aliphatic rings. The van der Waals surface area contributed by atoms with Gasteiger partial charge in [-0.1, -0.05) is 0 Å². The Balaban J connectivity index is 2.21. The van der Waals surface area contributed by atoms with E-state index in [0.29, 0.717) is 26.2 Å². The number of nitrogens with zero attached hydrogens (tertiary/aromatic N) is 1. The first-order chi connectivity index (χ1) is 7.57. The van der Waals surface area contributed by atoms with E-state index in [1.807, 2.05) is 0 Å². The van der Waals surface area contributed by atoms with Crippen LogP contribution in [0.3, 0.4) is 0 Å². The Hall–Kier alpha value is -0.210. The molecule has 0 aromatic carbocycles. The number of rotatable bonds is 2. The average molecular weight is 250 g/mol. The van der Waals surface area contributed by atoms with E-state index >= 15 is 0 Å². The van der Waals surface area contributed by atoms with E-state index in [2.05, 4.69) is 5.32 Å². The van der Waals surface area contributed by atoms with Gasteiger partial charge in [0.2, 0.25) is 10.0 Å². The van der Waals surface area contributed by atoms with Gasteiger partial charge in [-0.05, 0) is 6.42 Å². The lowest BCUT2D eigenvalue weighted by molar-refractivity contribution is 0.0361. The number of likely N-dealkylation sites (N-methyl/N-ethyl adjacent to an activating group) is 1. The van der Waals surface area contributed by atoms with Crippen LogP contribution in [0.25, 0.3) is 0 Å². The minimum absolute atomic E-state index is 0.116. The van der Waals surface area contributed by atoms with E-state index in [-0.39, 0.29) is 17.5 Å². The van der Waals surface area contributed by atoms with E-state index in [1.165, 1.54) is 4.31 Å². The zero-order chi connectivity index (χ0) is 11.8. The van der Waals surface area contributed by atoms with Gasteiger partial charge in [-0.25, -0.2) is 8.42 Å². The van der Waals surface area contributed by atoms with Gasteiger partial charge in [-0.2, -0.15) is 4.31 Å². The van der Waals surface area contributed by atoms with Crippen LogP contribution in [-0.4, -0.2) is 64.2 Å². The van der Waals surface area contributed by atoms with Crippen molar-refractivity contribution in [2.24, 2.45) is 0 Å². The highest BCUT2D eigenvalue weighted by Crippen LogP contribution is 2.25. The summed E-state index contributed by atoms with van der Waals surface area (Å²) >= 11 is 0. The summed E-state index contributed by atoms with van der Waals surface area (Å²) in [6, 6.07) is -0.116. The molecule has 2 saturated heterocycles. The number of nitrogens with one attached hydrogen (secondary N) is 1. The van der Waals surface area contributed by atoms with Crippen molar-refractivity contribution in [1.82, 2.24) is 9.62 Å². The van der Waals surface area contributed by atoms with E-state index in [1.54, 1.807) is 14.2 Å². The van der Waals surface area contributed by atoms with Crippen molar-refractivity contribution in [3.8, 4) is 0 Å². The fraction of sp³-hybridized carbons (Fsp3) is 1.00. The lowest BCUT2D eigenvalue weighted by atomic mass is 10.1. The molecule has 0 radical (unpaired) electrons. The Morgan fingerprint density at radius 1 is 1.56 bits per heavy atom. The fourth-order valence-corrected chi connectivity index (χ4v) is 4.15. The maximum absolute atomic E-state index is 12.2. The maximum atomic E-state index is 12.2. The average Bonchev–Trinajstić information content (AvgIpc) is 2.26. The number of hydrogen-bond donors (Lipinski definition) is 1. The monoisotopic (exact) mass is 250 g/mol. The standard InChI is InChI=1S/C9H18N2O4S/c1-11-9(6-14-2)10-7-5-15-4-3-8(7)16(11,12)13/h7-10H,3-6H2,1-2H3. The summed E-state index contributed by atoms with van der Waals surface area (Å²) in [5, 5.41) is 2.90. The molecule has 2 aliphatic heterocycles. The molecule has 1 N–H and O–H groups in total. The van der Waals surface area contributed by atoms with Gasteiger partial charge in [-0.3, -0.25) is 5.32 Å². The molecule has 2 fully saturated rings. The second kappa shape index (κ2) is 4.58. The Labute approximate surface area is 95.9 Å². The molecule has 94 valence electrons. The minimum Gasteiger partial charge on any atom is -0.382 e. The molecular weight excluding hydrogens is 232 g/mol. The first-order valence-electron chi connectivity index (χ1n) is 5.37. The second-order valence-electron chi connectivity index (χ2n) is 4.21. The van der Waals surface area contributed by atoms with Crippen LogP contribution in [0.15, 0.2) is 0 Å². The van der Waals surface area contributed by atoms with Gasteiger partial charge in [0.25, 0.3) is 0 Å². The van der Waals surface area contributed by atoms with E-state index in [0.717, 1.165) is 0 Å². The predicted octanol–water partition coefficient (Wildman–Crippen LogP) is -1.02. The molecule has 3 atom stereocenters. The largest absolute Gasteiger partial charge is 0.382 e. The highest BCUT2D eigenvalue weighted by molar-refractivity contribution is 7.89. The van der Waals surface area contributed by atoms with E-state index in [9.17, 15) is 8.42 Å². The Morgan fingerprint density at radius 3 is 3.00 bits per heavy atom. The zero-order valence-corrected chi connectivity index (χ0v) is 10.4. The summed E-state index contributed by atoms with van der Waals surface area (Å²) < 4.78 is 36.1. The van der Waals surface area contributed by atoms with Gasteiger partial charge in [0.05, 0.1) is 24.6 Å². The molecule has 0 aromatic heterocycles. The molecule has 2 rings (SSSR count). The van der Waals surface area contributed by atoms with Crippen LogP contribution < -0.4 is 5.32 Å². The van der Waals surface area contributed by atoms with Crippen molar-refractivity contribution in [3.05, 3.63) is 0 Å². The third kappa shape index (κ3) is 1.98. The molecule has 0 spiro atoms. The molecule has 0 aliphatic carbocycles. The van der Waals surface area contributed by atoms with E-state index in [4.69, 9.17) is 9.47 Å². The fourth-order valence-electron chi connectivity index (χ4n) is 2.28. The molecule has 0 saturated carbocycles. The molecule has 2 heterocycles. The Morgan fingerprint density at radius 2 is 2.31 bits per heavy atom. The summed E-state index contributed by atoms with van der Waals surface area (Å²) in [6.07, 6.45) is 0.266. The van der Waals surface area contributed by atoms with Crippen molar-refractivity contribution >= 4 is 10.0 Å². The van der Waals surface area contributed by atoms with Crippen LogP contribution >= 0.6 is 0 Å². The number of methoxy groups -OCH3 is 1. The minimum atomic E-state index is -3.22. The van der Waals surface area contributed by atoms with Gasteiger partial charge in [0.1, 0.15) is 0 Å². The number of hydrogen-bond acceptors (Lipinski definition) is 5. The number of sulfonamides is 1. The first-order valence-corrected chi connectivity index (χ1v) is 6.87. The van der Waals surface area contributed by atoms with Crippen molar-refractivity contribution < 1.29 is 17.9 Å². The van der Waals surface area contributed by atoms with Crippen LogP contribution in [0.5, 0.6) is 0 Å². The van der Waals surface area contributed by atoms with Crippen LogP contribution in [0.4, 0.5) is 0 Å². The van der Waals surface area contributed by atoms with Gasteiger partial charge in [0.15, 0.2) is 0 Å². The Bertz CT molecular complexity index is 343. The smallest absolute Gasteiger partial charge is 0.219 e. The quantitative estimate of drug-likeness (QED) is 0.679. The molecule has 6 nitrogen and oxygen atoms in total. The van der Waals surface area contributed by atoms with Gasteiger partial charge in [-0.15, -0.1) is 0 Å². The third-order valence-electron chi connectivity index (χ3n) is 3.25. The topological polar surface area (TPSA) is 67.9 Å². The Kier molecular flexibility index (Phi) is 3.50. The van der Waals surface area contributed by atoms with Gasteiger partial charge in [0, 0.05) is 26.8 Å². The summed E-state index contributed by atoms with van der Waals surface area (Å²) in [4.78, 5) is 0. The van der Waals surface area contributed by atoms with Crippen molar-refractivity contribution in [3.63, 3.8) is 0 Å². The van der Waals surface area contributed by atoms with Crippen LogP contribution in [0.2, 0.25) is 0 Å². The van der Waals surface area contributed by atoms with Crippen LogP contribution in [0.1, 0.15) is 6.42 Å². The second-order valence-corrected chi connectivity index (χ2v) is 6.42. The molecule has 3 unspecified atom stereocenters. The van der Waals surface area contributed by atoms with Crippen molar-refractivity contribution in [2.75, 3.05) is 34.0 Å². The lowest BCUT2D eigenvalue weighted by Crippen LogP contribution is -2.67. The van der Waals surface area contributed by atoms with Gasteiger partial charge >= 0.3 is 0 Å². The zero-order valence-electron chi connectivity index (χ0n) is 9.55. The van der Waals surface area contributed by atoms with Crippen molar-refractivity contribution in [2.45, 2.75) is 23.9 Å². The summed E-state index contributed by atoms with van der Waals surface area (Å²) in [5.74, 6) is 0.